The molecule has 0 aliphatic heterocycles. The first-order valence-corrected chi connectivity index (χ1v) is 23.7. The first-order chi connectivity index (χ1) is 33.7. The molecule has 0 N–H and O–H groups in total. The second-order valence-electron chi connectivity index (χ2n) is 17.1. The Morgan fingerprint density at radius 2 is 0.824 bits per heavy atom. The molecule has 13 aromatic rings. The third-order valence-electron chi connectivity index (χ3n) is 13.1. The Bertz CT molecular complexity index is 3880. The topological polar surface area (TPSA) is 43.6 Å². The maximum Gasteiger partial charge on any atom is 0.164 e. The number of nitrogens with zero attached hydrogens (tertiary/aromatic N) is 4. The normalized spacial score (nSPS) is 11.5. The van der Waals surface area contributed by atoms with Gasteiger partial charge in [-0.05, 0) is 74.8 Å². The molecular weight excluding hydrogens is 845 g/mol. The van der Waals surface area contributed by atoms with Crippen molar-refractivity contribution < 1.29 is 0 Å². The van der Waals surface area contributed by atoms with Gasteiger partial charge in [-0.3, -0.25) is 0 Å². The number of benzene rings is 10. The van der Waals surface area contributed by atoms with Crippen LogP contribution in [-0.4, -0.2) is 19.5 Å². The van der Waals surface area contributed by atoms with Gasteiger partial charge in [0, 0.05) is 48.6 Å². The van der Waals surface area contributed by atoms with E-state index in [1.165, 1.54) is 42.0 Å². The second kappa shape index (κ2) is 16.6. The fourth-order valence-electron chi connectivity index (χ4n) is 9.94. The largest absolute Gasteiger partial charge is 0.308 e. The van der Waals surface area contributed by atoms with Crippen molar-refractivity contribution in [1.29, 1.82) is 0 Å². The van der Waals surface area contributed by atoms with Gasteiger partial charge in [0.25, 0.3) is 0 Å². The first-order valence-electron chi connectivity index (χ1n) is 22.9. The molecule has 4 nitrogen and oxygen atoms in total. The van der Waals surface area contributed by atoms with Crippen LogP contribution < -0.4 is 0 Å². The van der Waals surface area contributed by atoms with E-state index < -0.39 is 0 Å². The van der Waals surface area contributed by atoms with E-state index in [-0.39, 0.29) is 0 Å². The Morgan fingerprint density at radius 1 is 0.309 bits per heavy atom. The van der Waals surface area contributed by atoms with Crippen molar-refractivity contribution in [3.8, 4) is 84.4 Å². The van der Waals surface area contributed by atoms with Gasteiger partial charge in [-0.15, -0.1) is 11.3 Å². The summed E-state index contributed by atoms with van der Waals surface area (Å²) >= 11 is 1.86. The van der Waals surface area contributed by atoms with E-state index in [2.05, 4.69) is 211 Å². The zero-order valence-corrected chi connectivity index (χ0v) is 37.6. The Labute approximate surface area is 397 Å². The van der Waals surface area contributed by atoms with E-state index in [0.29, 0.717) is 17.5 Å². The highest BCUT2D eigenvalue weighted by atomic mass is 32.1. The van der Waals surface area contributed by atoms with Crippen molar-refractivity contribution in [1.82, 2.24) is 19.5 Å². The zero-order chi connectivity index (χ0) is 45.0. The smallest absolute Gasteiger partial charge is 0.164 e. The van der Waals surface area contributed by atoms with E-state index in [4.69, 9.17) is 15.0 Å². The molecule has 0 saturated heterocycles. The molecule has 0 saturated carbocycles. The van der Waals surface area contributed by atoms with Crippen LogP contribution in [0.2, 0.25) is 0 Å². The second-order valence-corrected chi connectivity index (χ2v) is 18.2. The monoisotopic (exact) mass is 884 g/mol. The molecule has 13 rings (SSSR count). The van der Waals surface area contributed by atoms with Crippen LogP contribution >= 0.6 is 11.3 Å². The van der Waals surface area contributed by atoms with E-state index in [1.54, 1.807) is 0 Å². The number of fused-ring (bicyclic) bond motifs is 7. The van der Waals surface area contributed by atoms with Crippen LogP contribution in [0.25, 0.3) is 126 Å². The molecule has 3 heterocycles. The summed E-state index contributed by atoms with van der Waals surface area (Å²) in [6, 6.07) is 86.4. The molecule has 0 radical (unpaired) electrons. The van der Waals surface area contributed by atoms with Crippen LogP contribution in [0.5, 0.6) is 0 Å². The molecule has 0 atom stereocenters. The highest BCUT2D eigenvalue weighted by molar-refractivity contribution is 7.26. The third kappa shape index (κ3) is 6.79. The molecule has 318 valence electrons. The lowest BCUT2D eigenvalue weighted by molar-refractivity contribution is 1.07. The van der Waals surface area contributed by atoms with Crippen molar-refractivity contribution in [3.05, 3.63) is 243 Å². The number of rotatable bonds is 8. The van der Waals surface area contributed by atoms with Crippen LogP contribution in [0.3, 0.4) is 0 Å². The Hall–Kier alpha value is -8.77. The van der Waals surface area contributed by atoms with Crippen LogP contribution in [0.15, 0.2) is 243 Å². The van der Waals surface area contributed by atoms with Crippen LogP contribution in [0, 0.1) is 0 Å². The molecule has 0 spiro atoms. The molecule has 5 heteroatoms. The van der Waals surface area contributed by atoms with Gasteiger partial charge in [0.2, 0.25) is 0 Å². The van der Waals surface area contributed by atoms with Crippen molar-refractivity contribution >= 4 is 53.3 Å². The molecule has 0 bridgehead atoms. The molecule has 68 heavy (non-hydrogen) atoms. The third-order valence-corrected chi connectivity index (χ3v) is 14.3. The van der Waals surface area contributed by atoms with Crippen molar-refractivity contribution in [3.63, 3.8) is 0 Å². The lowest BCUT2D eigenvalue weighted by Crippen LogP contribution is -2.01. The van der Waals surface area contributed by atoms with Crippen LogP contribution in [0.1, 0.15) is 0 Å². The standard InChI is InChI=1S/C63H40N4S/c1-6-19-41(20-7-1)49-30-18-31-50(42-21-8-2-9-22-42)58(49)46-34-35-48(55(39-46)63-65-61(43-23-10-3-11-24-43)64-62(66-63)44-25-12-4-13-26-44)45-33-36-52-54-38-37-53-51-29-16-17-32-56(51)67(47-27-14-5-15-28-47)59(53)60(54)68-57(52)40-45/h1-40H. The minimum absolute atomic E-state index is 0.610. The summed E-state index contributed by atoms with van der Waals surface area (Å²) in [5.41, 5.74) is 15.3. The van der Waals surface area contributed by atoms with Crippen molar-refractivity contribution in [2.75, 3.05) is 0 Å². The predicted molar refractivity (Wildman–Crippen MR) is 285 cm³/mol. The highest BCUT2D eigenvalue weighted by Crippen LogP contribution is 2.47. The van der Waals surface area contributed by atoms with E-state index >= 15 is 0 Å². The van der Waals surface area contributed by atoms with Gasteiger partial charge < -0.3 is 4.57 Å². The fraction of sp³-hybridized carbons (Fsp3) is 0. The Kier molecular flexibility index (Phi) is 9.66. The summed E-state index contributed by atoms with van der Waals surface area (Å²) in [7, 11) is 0. The van der Waals surface area contributed by atoms with Crippen molar-refractivity contribution in [2.24, 2.45) is 0 Å². The van der Waals surface area contributed by atoms with E-state index in [1.807, 2.05) is 47.7 Å². The average Bonchev–Trinajstić information content (AvgIpc) is 3.97. The molecule has 0 aliphatic rings. The maximum atomic E-state index is 5.35. The van der Waals surface area contributed by atoms with Crippen molar-refractivity contribution in [2.45, 2.75) is 0 Å². The van der Waals surface area contributed by atoms with Gasteiger partial charge in [0.05, 0.1) is 15.7 Å². The minimum atomic E-state index is 0.610. The molecule has 0 fully saturated rings. The summed E-state index contributed by atoms with van der Waals surface area (Å²) in [4.78, 5) is 15.8. The summed E-state index contributed by atoms with van der Waals surface area (Å²) in [5.74, 6) is 1.86. The maximum absolute atomic E-state index is 5.35. The molecular formula is C63H40N4S. The van der Waals surface area contributed by atoms with Crippen LogP contribution in [0.4, 0.5) is 0 Å². The summed E-state index contributed by atoms with van der Waals surface area (Å²) < 4.78 is 4.93. The lowest BCUT2D eigenvalue weighted by Gasteiger charge is -2.19. The SMILES string of the molecule is c1ccc(-c2nc(-c3ccccc3)nc(-c3cc(-c4c(-c5ccccc5)cccc4-c4ccccc4)ccc3-c3ccc4c(c3)sc3c4ccc4c5ccccc5n(-c5ccccc5)c43)n2)cc1. The van der Waals surface area contributed by atoms with Crippen LogP contribution in [-0.2, 0) is 0 Å². The van der Waals surface area contributed by atoms with Gasteiger partial charge in [-0.25, -0.2) is 15.0 Å². The van der Waals surface area contributed by atoms with E-state index in [0.717, 1.165) is 66.9 Å². The number of hydrogen-bond donors (Lipinski definition) is 0. The fourth-order valence-corrected chi connectivity index (χ4v) is 11.2. The predicted octanol–water partition coefficient (Wildman–Crippen LogP) is 17.0. The first kappa shape index (κ1) is 39.6. The number of hydrogen-bond acceptors (Lipinski definition) is 4. The van der Waals surface area contributed by atoms with E-state index in [9.17, 15) is 0 Å². The van der Waals surface area contributed by atoms with Gasteiger partial charge in [-0.2, -0.15) is 0 Å². The molecule has 0 unspecified atom stereocenters. The molecule has 0 aliphatic carbocycles. The Balaban J connectivity index is 1.07. The summed E-state index contributed by atoms with van der Waals surface area (Å²) in [6.07, 6.45) is 0. The average molecular weight is 885 g/mol. The molecule has 10 aromatic carbocycles. The number of para-hydroxylation sites is 2. The van der Waals surface area contributed by atoms with Gasteiger partial charge in [0.1, 0.15) is 0 Å². The minimum Gasteiger partial charge on any atom is -0.308 e. The van der Waals surface area contributed by atoms with Gasteiger partial charge >= 0.3 is 0 Å². The molecule has 0 amide bonds. The quantitative estimate of drug-likeness (QED) is 0.153. The number of aromatic nitrogens is 4. The van der Waals surface area contributed by atoms with Gasteiger partial charge in [0.15, 0.2) is 17.5 Å². The Morgan fingerprint density at radius 3 is 1.46 bits per heavy atom. The summed E-state index contributed by atoms with van der Waals surface area (Å²) in [6.45, 7) is 0. The molecule has 3 aromatic heterocycles. The number of thiophene rings is 1. The van der Waals surface area contributed by atoms with Gasteiger partial charge in [-0.1, -0.05) is 212 Å². The highest BCUT2D eigenvalue weighted by Gasteiger charge is 2.22. The zero-order valence-electron chi connectivity index (χ0n) is 36.8. The summed E-state index contributed by atoms with van der Waals surface area (Å²) in [5, 5.41) is 5.00. The lowest BCUT2D eigenvalue weighted by atomic mass is 9.86.